The highest BCUT2D eigenvalue weighted by molar-refractivity contribution is 6.31. The minimum atomic E-state index is -0.320. The summed E-state index contributed by atoms with van der Waals surface area (Å²) in [5.74, 6) is -0.181. The number of fused-ring (bicyclic) bond motifs is 1. The first-order chi connectivity index (χ1) is 12.7. The zero-order valence-electron chi connectivity index (χ0n) is 15.8. The Morgan fingerprint density at radius 2 is 1.89 bits per heavy atom. The maximum absolute atomic E-state index is 11.5. The molecule has 0 bridgehead atoms. The number of rotatable bonds is 4. The third-order valence-corrected chi connectivity index (χ3v) is 4.44. The third-order valence-electron chi connectivity index (χ3n) is 4.20. The van der Waals surface area contributed by atoms with Crippen molar-refractivity contribution in [3.05, 3.63) is 46.5 Å². The van der Waals surface area contributed by atoms with Crippen LogP contribution in [-0.2, 0) is 21.6 Å². The lowest BCUT2D eigenvalue weighted by atomic mass is 9.85. The molecule has 142 valence electrons. The van der Waals surface area contributed by atoms with Gasteiger partial charge < -0.3 is 9.84 Å². The molecule has 1 heterocycles. The minimum Gasteiger partial charge on any atom is -0.505 e. The molecular weight excluding hydrogens is 366 g/mol. The molecule has 0 aliphatic rings. The molecule has 0 radical (unpaired) electrons. The molecular formula is C20H22ClN3O3. The average Bonchev–Trinajstić information content (AvgIpc) is 3.02. The molecule has 1 aromatic heterocycles. The molecule has 3 aromatic rings. The Morgan fingerprint density at radius 1 is 1.19 bits per heavy atom. The van der Waals surface area contributed by atoms with Gasteiger partial charge in [0.15, 0.2) is 0 Å². The maximum atomic E-state index is 11.5. The topological polar surface area (TPSA) is 77.2 Å². The van der Waals surface area contributed by atoms with Crippen LogP contribution in [-0.4, -0.2) is 26.1 Å². The molecule has 3 rings (SSSR count). The van der Waals surface area contributed by atoms with Crippen LogP contribution in [0.4, 0.5) is 0 Å². The molecule has 0 amide bonds. The van der Waals surface area contributed by atoms with Crippen LogP contribution in [0, 0.1) is 0 Å². The first kappa shape index (κ1) is 19.2. The number of esters is 1. The summed E-state index contributed by atoms with van der Waals surface area (Å²) in [6.45, 7) is 7.87. The van der Waals surface area contributed by atoms with Crippen molar-refractivity contribution in [2.75, 3.05) is 0 Å². The summed E-state index contributed by atoms with van der Waals surface area (Å²) in [4.78, 5) is 12.9. The Morgan fingerprint density at radius 3 is 2.56 bits per heavy atom. The van der Waals surface area contributed by atoms with E-state index in [4.69, 9.17) is 16.3 Å². The standard InChI is InChI=1S/C20H22ClN3O3/c1-5-18(25)27-11-12-8-14(20(2,3)4)19(26)17(9-12)24-22-15-7-6-13(21)10-16(15)23-24/h6-10,26H,5,11H2,1-4H3. The van der Waals surface area contributed by atoms with Crippen molar-refractivity contribution in [2.24, 2.45) is 0 Å². The number of carbonyl (C=O) groups excluding carboxylic acids is 1. The predicted octanol–water partition coefficient (Wildman–Crippen LogP) is 4.53. The fourth-order valence-electron chi connectivity index (χ4n) is 2.75. The van der Waals surface area contributed by atoms with Crippen molar-refractivity contribution < 1.29 is 14.6 Å². The Balaban J connectivity index is 2.12. The van der Waals surface area contributed by atoms with Crippen LogP contribution in [0.25, 0.3) is 16.7 Å². The smallest absolute Gasteiger partial charge is 0.305 e. The van der Waals surface area contributed by atoms with Gasteiger partial charge in [0.25, 0.3) is 0 Å². The number of benzene rings is 2. The number of halogens is 1. The second-order valence-corrected chi connectivity index (χ2v) is 7.83. The van der Waals surface area contributed by atoms with Crippen molar-refractivity contribution in [2.45, 2.75) is 46.1 Å². The molecule has 7 heteroatoms. The number of aromatic hydroxyl groups is 1. The molecule has 1 N–H and O–H groups in total. The van der Waals surface area contributed by atoms with Gasteiger partial charge in [-0.05, 0) is 41.3 Å². The van der Waals surface area contributed by atoms with E-state index in [1.165, 1.54) is 4.80 Å². The fourth-order valence-corrected chi connectivity index (χ4v) is 2.91. The SMILES string of the molecule is CCC(=O)OCc1cc(-n2nc3ccc(Cl)cc3n2)c(O)c(C(C)(C)C)c1. The van der Waals surface area contributed by atoms with Crippen molar-refractivity contribution in [1.29, 1.82) is 0 Å². The van der Waals surface area contributed by atoms with Gasteiger partial charge in [0.1, 0.15) is 29.1 Å². The summed E-state index contributed by atoms with van der Waals surface area (Å²) in [6.07, 6.45) is 0.309. The van der Waals surface area contributed by atoms with Gasteiger partial charge in [-0.3, -0.25) is 4.79 Å². The van der Waals surface area contributed by atoms with Gasteiger partial charge in [-0.1, -0.05) is 39.3 Å². The lowest BCUT2D eigenvalue weighted by Crippen LogP contribution is -2.14. The predicted molar refractivity (Wildman–Crippen MR) is 104 cm³/mol. The summed E-state index contributed by atoms with van der Waals surface area (Å²) < 4.78 is 5.26. The molecule has 0 unspecified atom stereocenters. The number of phenols is 1. The van der Waals surface area contributed by atoms with Crippen LogP contribution in [0.2, 0.25) is 5.02 Å². The summed E-state index contributed by atoms with van der Waals surface area (Å²) in [6, 6.07) is 8.81. The first-order valence-corrected chi connectivity index (χ1v) is 9.12. The number of phenolic OH excluding ortho intramolecular Hbond substituents is 1. The Hall–Kier alpha value is -2.60. The fraction of sp³-hybridized carbons (Fsp3) is 0.350. The zero-order chi connectivity index (χ0) is 19.8. The largest absolute Gasteiger partial charge is 0.505 e. The maximum Gasteiger partial charge on any atom is 0.305 e. The molecule has 27 heavy (non-hydrogen) atoms. The highest BCUT2D eigenvalue weighted by Gasteiger charge is 2.23. The monoisotopic (exact) mass is 387 g/mol. The van der Waals surface area contributed by atoms with Gasteiger partial charge in [0.2, 0.25) is 0 Å². The van der Waals surface area contributed by atoms with Crippen LogP contribution in [0.5, 0.6) is 5.75 Å². The number of nitrogens with zero attached hydrogens (tertiary/aromatic N) is 3. The number of carbonyl (C=O) groups is 1. The first-order valence-electron chi connectivity index (χ1n) is 8.74. The highest BCUT2D eigenvalue weighted by atomic mass is 35.5. The van der Waals surface area contributed by atoms with E-state index in [0.717, 1.165) is 11.1 Å². The van der Waals surface area contributed by atoms with Crippen LogP contribution < -0.4 is 0 Å². The van der Waals surface area contributed by atoms with Gasteiger partial charge in [-0.25, -0.2) is 0 Å². The molecule has 6 nitrogen and oxygen atoms in total. The normalized spacial score (nSPS) is 11.7. The molecule has 0 saturated heterocycles. The quantitative estimate of drug-likeness (QED) is 0.665. The van der Waals surface area contributed by atoms with Crippen molar-refractivity contribution >= 4 is 28.6 Å². The average molecular weight is 388 g/mol. The second-order valence-electron chi connectivity index (χ2n) is 7.40. The number of ether oxygens (including phenoxy) is 1. The van der Waals surface area contributed by atoms with E-state index in [-0.39, 0.29) is 23.7 Å². The van der Waals surface area contributed by atoms with E-state index in [0.29, 0.717) is 28.2 Å². The Bertz CT molecular complexity index is 1010. The van der Waals surface area contributed by atoms with Crippen LogP contribution in [0.3, 0.4) is 0 Å². The van der Waals surface area contributed by atoms with Gasteiger partial charge >= 0.3 is 5.97 Å². The number of hydrogen-bond donors (Lipinski definition) is 1. The lowest BCUT2D eigenvalue weighted by molar-refractivity contribution is -0.144. The van der Waals surface area contributed by atoms with E-state index in [9.17, 15) is 9.90 Å². The molecule has 0 saturated carbocycles. The molecule has 2 aromatic carbocycles. The summed E-state index contributed by atoms with van der Waals surface area (Å²) in [7, 11) is 0. The van der Waals surface area contributed by atoms with E-state index < -0.39 is 0 Å². The molecule has 0 fully saturated rings. The minimum absolute atomic E-state index is 0.0967. The molecule has 0 spiro atoms. The Kier molecular flexibility index (Phi) is 5.11. The van der Waals surface area contributed by atoms with Gasteiger partial charge in [-0.2, -0.15) is 0 Å². The van der Waals surface area contributed by atoms with Gasteiger partial charge in [0.05, 0.1) is 0 Å². The van der Waals surface area contributed by atoms with E-state index in [1.807, 2.05) is 26.8 Å². The van der Waals surface area contributed by atoms with Crippen LogP contribution in [0.15, 0.2) is 30.3 Å². The number of aromatic nitrogens is 3. The lowest BCUT2D eigenvalue weighted by Gasteiger charge is -2.23. The van der Waals surface area contributed by atoms with Crippen molar-refractivity contribution in [3.8, 4) is 11.4 Å². The third kappa shape index (κ3) is 4.06. The highest BCUT2D eigenvalue weighted by Crippen LogP contribution is 2.36. The van der Waals surface area contributed by atoms with Crippen LogP contribution >= 0.6 is 11.6 Å². The van der Waals surface area contributed by atoms with Crippen molar-refractivity contribution in [1.82, 2.24) is 15.0 Å². The molecule has 0 atom stereocenters. The van der Waals surface area contributed by atoms with E-state index in [2.05, 4.69) is 10.2 Å². The molecule has 0 aliphatic carbocycles. The summed E-state index contributed by atoms with van der Waals surface area (Å²) in [5, 5.41) is 20.3. The molecule has 0 aliphatic heterocycles. The van der Waals surface area contributed by atoms with Crippen LogP contribution in [0.1, 0.15) is 45.2 Å². The van der Waals surface area contributed by atoms with Crippen molar-refractivity contribution in [3.63, 3.8) is 0 Å². The second kappa shape index (κ2) is 7.19. The van der Waals surface area contributed by atoms with Gasteiger partial charge in [0, 0.05) is 17.0 Å². The summed E-state index contributed by atoms with van der Waals surface area (Å²) in [5.41, 5.74) is 2.88. The Labute approximate surface area is 162 Å². The van der Waals surface area contributed by atoms with E-state index in [1.54, 1.807) is 31.2 Å². The number of hydrogen-bond acceptors (Lipinski definition) is 5. The zero-order valence-corrected chi connectivity index (χ0v) is 16.5. The van der Waals surface area contributed by atoms with Gasteiger partial charge in [-0.15, -0.1) is 15.0 Å². The summed E-state index contributed by atoms with van der Waals surface area (Å²) >= 11 is 6.03. The van der Waals surface area contributed by atoms with E-state index >= 15 is 0 Å².